The molecule has 2 aromatic heterocycles. The fourth-order valence-electron chi connectivity index (χ4n) is 3.13. The van der Waals surface area contributed by atoms with Crippen molar-refractivity contribution in [2.75, 3.05) is 0 Å². The monoisotopic (exact) mass is 390 g/mol. The van der Waals surface area contributed by atoms with Crippen LogP contribution in [0.5, 0.6) is 0 Å². The van der Waals surface area contributed by atoms with Gasteiger partial charge in [-0.15, -0.1) is 5.06 Å². The highest BCUT2D eigenvalue weighted by atomic mass is 32.1. The fourth-order valence-corrected chi connectivity index (χ4v) is 3.88. The second-order valence-corrected chi connectivity index (χ2v) is 7.51. The Morgan fingerprint density at radius 1 is 1.21 bits per heavy atom. The minimum atomic E-state index is -0.494. The number of nitrogens with zero attached hydrogens (tertiary/aromatic N) is 5. The largest absolute Gasteiger partial charge is 0.376 e. The summed E-state index contributed by atoms with van der Waals surface area (Å²) < 4.78 is 1.70. The Morgan fingerprint density at radius 3 is 2.79 bits per heavy atom. The van der Waals surface area contributed by atoms with E-state index in [9.17, 15) is 4.79 Å². The zero-order valence-corrected chi connectivity index (χ0v) is 15.8. The number of hydrogen-bond acceptors (Lipinski definition) is 6. The number of fused-ring (bicyclic) bond motifs is 2. The molecule has 0 fully saturated rings. The van der Waals surface area contributed by atoms with Crippen molar-refractivity contribution < 1.29 is 9.63 Å². The summed E-state index contributed by atoms with van der Waals surface area (Å²) in [6.07, 6.45) is 3.24. The van der Waals surface area contributed by atoms with E-state index >= 15 is 0 Å². The Balaban J connectivity index is 1.69. The number of hydrogen-bond donors (Lipinski definition) is 1. The first kappa shape index (κ1) is 16.6. The van der Waals surface area contributed by atoms with E-state index in [1.54, 1.807) is 23.6 Å². The molecular weight excluding hydrogens is 376 g/mol. The second-order valence-electron chi connectivity index (χ2n) is 6.35. The minimum absolute atomic E-state index is 0.0657. The van der Waals surface area contributed by atoms with E-state index in [4.69, 9.17) is 15.2 Å². The molecule has 138 valence electrons. The quantitative estimate of drug-likeness (QED) is 0.678. The van der Waals surface area contributed by atoms with Crippen molar-refractivity contribution in [3.05, 3.63) is 58.4 Å². The van der Waals surface area contributed by atoms with Crippen molar-refractivity contribution >= 4 is 40.0 Å². The van der Waals surface area contributed by atoms with Crippen LogP contribution in [0.25, 0.3) is 22.3 Å². The molecule has 28 heavy (non-hydrogen) atoms. The molecule has 1 N–H and O–H groups in total. The molecule has 0 saturated carbocycles. The number of rotatable bonds is 2. The molecule has 0 unspecified atom stereocenters. The van der Waals surface area contributed by atoms with Crippen LogP contribution >= 0.6 is 11.3 Å². The molecule has 0 saturated heterocycles. The van der Waals surface area contributed by atoms with Gasteiger partial charge in [-0.05, 0) is 19.9 Å². The van der Waals surface area contributed by atoms with Gasteiger partial charge in [0, 0.05) is 11.6 Å². The molecular formula is C19H14N6O2S. The maximum absolute atomic E-state index is 12.6. The lowest BCUT2D eigenvalue weighted by molar-refractivity contribution is -0.114. The lowest BCUT2D eigenvalue weighted by Gasteiger charge is -2.22. The first-order valence-corrected chi connectivity index (χ1v) is 9.34. The van der Waals surface area contributed by atoms with Gasteiger partial charge in [0.1, 0.15) is 10.8 Å². The van der Waals surface area contributed by atoms with Gasteiger partial charge >= 0.3 is 0 Å². The van der Waals surface area contributed by atoms with Crippen LogP contribution in [0.15, 0.2) is 52.7 Å². The molecule has 0 bridgehead atoms. The van der Waals surface area contributed by atoms with E-state index in [0.29, 0.717) is 23.0 Å². The van der Waals surface area contributed by atoms with E-state index < -0.39 is 5.91 Å². The topological polar surface area (TPSA) is 95.9 Å². The molecule has 5 rings (SSSR count). The summed E-state index contributed by atoms with van der Waals surface area (Å²) >= 11 is 1.46. The molecule has 4 heterocycles. The smallest absolute Gasteiger partial charge is 0.283 e. The van der Waals surface area contributed by atoms with Crippen LogP contribution in [0.4, 0.5) is 0 Å². The average molecular weight is 390 g/mol. The summed E-state index contributed by atoms with van der Waals surface area (Å²) in [6, 6.07) is 9.68. The maximum Gasteiger partial charge on any atom is 0.283 e. The summed E-state index contributed by atoms with van der Waals surface area (Å²) in [5.41, 5.74) is 2.34. The number of aryl methyl sites for hydroxylation is 1. The number of benzene rings is 1. The first-order valence-electron chi connectivity index (χ1n) is 8.53. The number of allylic oxidation sites excluding steroid dienone is 1. The number of amidine groups is 2. The number of nitrogens with one attached hydrogen (secondary N) is 1. The second kappa shape index (κ2) is 5.96. The van der Waals surface area contributed by atoms with Crippen LogP contribution in [0.1, 0.15) is 17.6 Å². The highest BCUT2D eigenvalue weighted by Crippen LogP contribution is 2.30. The van der Waals surface area contributed by atoms with E-state index in [0.717, 1.165) is 15.5 Å². The molecule has 3 aromatic rings. The predicted octanol–water partition coefficient (Wildman–Crippen LogP) is 3.22. The third kappa shape index (κ3) is 2.48. The zero-order chi connectivity index (χ0) is 19.4. The number of carbonyl (C=O) groups excluding carboxylic acids is 1. The van der Waals surface area contributed by atoms with Crippen molar-refractivity contribution in [1.82, 2.24) is 19.7 Å². The molecule has 0 spiro atoms. The highest BCUT2D eigenvalue weighted by molar-refractivity contribution is 7.16. The van der Waals surface area contributed by atoms with E-state index in [2.05, 4.69) is 10.1 Å². The maximum atomic E-state index is 12.6. The SMILES string of the molecule is CC1=CC2=NC(=O)C(=Cc3c(-c4ccccc4)nc4sc(C)nn34)C(=N)N2O1. The van der Waals surface area contributed by atoms with Crippen LogP contribution in [0.2, 0.25) is 0 Å². The first-order chi connectivity index (χ1) is 13.5. The molecule has 0 radical (unpaired) electrons. The number of aromatic nitrogens is 3. The zero-order valence-electron chi connectivity index (χ0n) is 15.0. The van der Waals surface area contributed by atoms with Gasteiger partial charge in [-0.25, -0.2) is 9.50 Å². The van der Waals surface area contributed by atoms with Gasteiger partial charge in [0.15, 0.2) is 11.7 Å². The Hall–Kier alpha value is -3.59. The van der Waals surface area contributed by atoms with Crippen LogP contribution in [-0.4, -0.2) is 37.2 Å². The number of aliphatic imine (C=N–C) groups is 1. The summed E-state index contributed by atoms with van der Waals surface area (Å²) in [6.45, 7) is 3.64. The van der Waals surface area contributed by atoms with Crippen LogP contribution < -0.4 is 0 Å². The third-order valence-electron chi connectivity index (χ3n) is 4.35. The molecule has 1 amide bonds. The lowest BCUT2D eigenvalue weighted by atomic mass is 10.1. The lowest BCUT2D eigenvalue weighted by Crippen LogP contribution is -2.38. The number of amides is 1. The van der Waals surface area contributed by atoms with Crippen LogP contribution in [0.3, 0.4) is 0 Å². The normalized spacial score (nSPS) is 17.8. The van der Waals surface area contributed by atoms with Gasteiger partial charge in [-0.1, -0.05) is 41.7 Å². The molecule has 1 aromatic carbocycles. The van der Waals surface area contributed by atoms with Gasteiger partial charge < -0.3 is 4.84 Å². The van der Waals surface area contributed by atoms with Gasteiger partial charge in [-0.2, -0.15) is 10.1 Å². The van der Waals surface area contributed by atoms with Gasteiger partial charge in [0.2, 0.25) is 4.96 Å². The third-order valence-corrected chi connectivity index (χ3v) is 5.17. The molecule has 0 aliphatic carbocycles. The Morgan fingerprint density at radius 2 is 2.00 bits per heavy atom. The average Bonchev–Trinajstić information content (AvgIpc) is 3.31. The molecule has 2 aliphatic rings. The molecule has 8 nitrogen and oxygen atoms in total. The Bertz CT molecular complexity index is 1250. The van der Waals surface area contributed by atoms with Crippen LogP contribution in [0, 0.1) is 12.3 Å². The fraction of sp³-hybridized carbons (Fsp3) is 0.105. The predicted molar refractivity (Wildman–Crippen MR) is 106 cm³/mol. The molecule has 2 aliphatic heterocycles. The molecule has 9 heteroatoms. The minimum Gasteiger partial charge on any atom is -0.376 e. The standard InChI is InChI=1S/C19H14N6O2S/c1-10-8-15-21-18(26)13(17(20)25(15)27-10)9-14-16(12-6-4-3-5-7-12)22-19-24(14)23-11(2)28-19/h3-9,20H,1-2H3. The van der Waals surface area contributed by atoms with Crippen molar-refractivity contribution in [2.45, 2.75) is 13.8 Å². The molecule has 0 atom stereocenters. The van der Waals surface area contributed by atoms with Crippen molar-refractivity contribution in [3.8, 4) is 11.3 Å². The summed E-state index contributed by atoms with van der Waals surface area (Å²) in [5.74, 6) is 0.330. The summed E-state index contributed by atoms with van der Waals surface area (Å²) in [7, 11) is 0. The van der Waals surface area contributed by atoms with Crippen molar-refractivity contribution in [1.29, 1.82) is 5.41 Å². The van der Waals surface area contributed by atoms with Gasteiger partial charge in [0.05, 0.1) is 17.0 Å². The van der Waals surface area contributed by atoms with E-state index in [-0.39, 0.29) is 11.4 Å². The van der Waals surface area contributed by atoms with E-state index in [1.807, 2.05) is 37.3 Å². The Kier molecular flexibility index (Phi) is 3.53. The number of imidazole rings is 1. The number of carbonyl (C=O) groups is 1. The van der Waals surface area contributed by atoms with E-state index in [1.165, 1.54) is 16.4 Å². The van der Waals surface area contributed by atoms with Gasteiger partial charge in [-0.3, -0.25) is 10.2 Å². The van der Waals surface area contributed by atoms with Crippen molar-refractivity contribution in [2.24, 2.45) is 4.99 Å². The summed E-state index contributed by atoms with van der Waals surface area (Å²) in [4.78, 5) is 27.6. The highest BCUT2D eigenvalue weighted by Gasteiger charge is 2.35. The van der Waals surface area contributed by atoms with Crippen molar-refractivity contribution in [3.63, 3.8) is 0 Å². The van der Waals surface area contributed by atoms with Gasteiger partial charge in [0.25, 0.3) is 5.91 Å². The van der Waals surface area contributed by atoms with Crippen LogP contribution in [-0.2, 0) is 9.63 Å². The Labute approximate surface area is 163 Å². The summed E-state index contributed by atoms with van der Waals surface area (Å²) in [5, 5.41) is 15.0. The number of hydroxylamine groups is 2.